The van der Waals surface area contributed by atoms with Crippen LogP contribution >= 0.6 is 0 Å². The zero-order valence-corrected chi connectivity index (χ0v) is 11.5. The van der Waals surface area contributed by atoms with E-state index in [0.29, 0.717) is 24.7 Å². The number of hydrogen-bond donors (Lipinski definition) is 2. The van der Waals surface area contributed by atoms with Gasteiger partial charge < -0.3 is 10.1 Å². The van der Waals surface area contributed by atoms with E-state index in [2.05, 4.69) is 21.8 Å². The Labute approximate surface area is 117 Å². The summed E-state index contributed by atoms with van der Waals surface area (Å²) in [5, 5.41) is 9.92. The van der Waals surface area contributed by atoms with Gasteiger partial charge in [-0.3, -0.25) is 9.69 Å². The summed E-state index contributed by atoms with van der Waals surface area (Å²) in [6, 6.07) is 7.52. The lowest BCUT2D eigenvalue weighted by molar-refractivity contribution is 0.0253. The molecule has 20 heavy (non-hydrogen) atoms. The lowest BCUT2D eigenvalue weighted by Gasteiger charge is -2.33. The van der Waals surface area contributed by atoms with Gasteiger partial charge in [0, 0.05) is 13.1 Å². The molecule has 0 spiro atoms. The molecule has 2 N–H and O–H groups in total. The van der Waals surface area contributed by atoms with E-state index in [1.54, 1.807) is 0 Å². The van der Waals surface area contributed by atoms with Gasteiger partial charge in [0.05, 0.1) is 17.1 Å². The number of likely N-dealkylation sites (tertiary alicyclic amines) is 1. The highest BCUT2D eigenvalue weighted by Crippen LogP contribution is 2.18. The second-order valence-electron chi connectivity index (χ2n) is 5.60. The van der Waals surface area contributed by atoms with Gasteiger partial charge in [-0.15, -0.1) is 0 Å². The van der Waals surface area contributed by atoms with Crippen molar-refractivity contribution < 1.29 is 5.11 Å². The first kappa shape index (κ1) is 13.3. The molecule has 0 saturated carbocycles. The van der Waals surface area contributed by atoms with Crippen LogP contribution in [0.2, 0.25) is 0 Å². The first-order chi connectivity index (χ1) is 9.63. The summed E-state index contributed by atoms with van der Waals surface area (Å²) in [5.74, 6) is 0.328. The highest BCUT2D eigenvalue weighted by molar-refractivity contribution is 5.73. The van der Waals surface area contributed by atoms with E-state index < -0.39 is 0 Å². The van der Waals surface area contributed by atoms with Crippen LogP contribution in [-0.4, -0.2) is 39.2 Å². The number of aliphatic hydroxyl groups excluding tert-OH is 1. The van der Waals surface area contributed by atoms with E-state index in [-0.39, 0.29) is 11.7 Å². The van der Waals surface area contributed by atoms with Crippen LogP contribution in [0, 0.1) is 5.92 Å². The van der Waals surface area contributed by atoms with Crippen LogP contribution in [0.25, 0.3) is 11.0 Å². The summed E-state index contributed by atoms with van der Waals surface area (Å²) in [6.45, 7) is 4.05. The average Bonchev–Trinajstić information content (AvgIpc) is 2.44. The zero-order valence-electron chi connectivity index (χ0n) is 11.5. The lowest BCUT2D eigenvalue weighted by atomic mass is 9.96. The molecule has 0 amide bonds. The maximum absolute atomic E-state index is 12.0. The Hall–Kier alpha value is -1.72. The third-order valence-corrected chi connectivity index (χ3v) is 4.05. The number of nitrogens with zero attached hydrogens (tertiary/aromatic N) is 2. The zero-order chi connectivity index (χ0) is 14.1. The molecular weight excluding hydrogens is 254 g/mol. The predicted octanol–water partition coefficient (Wildman–Crippen LogP) is 1.13. The molecule has 5 nitrogen and oxygen atoms in total. The third-order valence-electron chi connectivity index (χ3n) is 4.05. The Morgan fingerprint density at radius 2 is 2.25 bits per heavy atom. The van der Waals surface area contributed by atoms with Crippen LogP contribution < -0.4 is 5.56 Å². The fourth-order valence-electron chi connectivity index (χ4n) is 2.64. The summed E-state index contributed by atoms with van der Waals surface area (Å²) in [4.78, 5) is 21.4. The largest absolute Gasteiger partial charge is 0.392 e. The average molecular weight is 273 g/mol. The van der Waals surface area contributed by atoms with Crippen LogP contribution in [-0.2, 0) is 6.54 Å². The van der Waals surface area contributed by atoms with Crippen LogP contribution in [0.5, 0.6) is 0 Å². The van der Waals surface area contributed by atoms with Crippen molar-refractivity contribution in [3.05, 3.63) is 40.3 Å². The van der Waals surface area contributed by atoms with Crippen molar-refractivity contribution in [1.82, 2.24) is 14.9 Å². The molecule has 1 saturated heterocycles. The Kier molecular flexibility index (Phi) is 3.54. The number of hydrogen-bond acceptors (Lipinski definition) is 4. The number of nitrogens with one attached hydrogen (secondary N) is 1. The maximum Gasteiger partial charge on any atom is 0.271 e. The first-order valence-electron chi connectivity index (χ1n) is 7.02. The quantitative estimate of drug-likeness (QED) is 0.860. The minimum atomic E-state index is -0.316. The number of rotatable bonds is 2. The molecule has 1 fully saturated rings. The second kappa shape index (κ2) is 5.34. The van der Waals surface area contributed by atoms with E-state index >= 15 is 0 Å². The normalized spacial score (nSPS) is 24.1. The predicted molar refractivity (Wildman–Crippen MR) is 77.4 cm³/mol. The standard InChI is InChI=1S/C15H19N3O2/c1-10-6-7-18(9-14(10)19)8-13-15(20)17-12-5-3-2-4-11(12)16-13/h2-5,10,14,19H,6-9H2,1H3,(H,17,20). The van der Waals surface area contributed by atoms with Gasteiger partial charge in [0.2, 0.25) is 0 Å². The molecule has 1 aliphatic rings. The van der Waals surface area contributed by atoms with Crippen molar-refractivity contribution in [2.45, 2.75) is 26.0 Å². The fraction of sp³-hybridized carbons (Fsp3) is 0.467. The van der Waals surface area contributed by atoms with Gasteiger partial charge >= 0.3 is 0 Å². The molecule has 2 heterocycles. The maximum atomic E-state index is 12.0. The lowest BCUT2D eigenvalue weighted by Crippen LogP contribution is -2.43. The number of fused-ring (bicyclic) bond motifs is 1. The van der Waals surface area contributed by atoms with E-state index in [1.165, 1.54) is 0 Å². The van der Waals surface area contributed by atoms with Gasteiger partial charge in [-0.05, 0) is 31.0 Å². The summed E-state index contributed by atoms with van der Waals surface area (Å²) >= 11 is 0. The number of β-amino-alcohol motifs (C(OH)–C–C–N with tert-alkyl or cyclic N) is 1. The van der Waals surface area contributed by atoms with E-state index in [4.69, 9.17) is 0 Å². The fourth-order valence-corrected chi connectivity index (χ4v) is 2.64. The molecular formula is C15H19N3O2. The van der Waals surface area contributed by atoms with Gasteiger partial charge in [0.15, 0.2) is 0 Å². The molecule has 1 aliphatic heterocycles. The topological polar surface area (TPSA) is 69.2 Å². The minimum Gasteiger partial charge on any atom is -0.392 e. The van der Waals surface area contributed by atoms with E-state index in [1.807, 2.05) is 24.3 Å². The van der Waals surface area contributed by atoms with Crippen LogP contribution in [0.3, 0.4) is 0 Å². The van der Waals surface area contributed by atoms with E-state index in [0.717, 1.165) is 24.0 Å². The molecule has 1 aromatic carbocycles. The SMILES string of the molecule is CC1CCN(Cc2nc3ccccc3[nH]c2=O)CC1O. The van der Waals surface area contributed by atoms with Crippen LogP contribution in [0.15, 0.2) is 29.1 Å². The van der Waals surface area contributed by atoms with Crippen LogP contribution in [0.1, 0.15) is 19.0 Å². The van der Waals surface area contributed by atoms with Crippen molar-refractivity contribution >= 4 is 11.0 Å². The molecule has 2 aromatic rings. The van der Waals surface area contributed by atoms with Crippen molar-refractivity contribution in [3.8, 4) is 0 Å². The first-order valence-corrected chi connectivity index (χ1v) is 7.02. The number of H-pyrrole nitrogens is 1. The van der Waals surface area contributed by atoms with Gasteiger partial charge in [0.1, 0.15) is 5.69 Å². The van der Waals surface area contributed by atoms with Gasteiger partial charge in [0.25, 0.3) is 5.56 Å². The minimum absolute atomic E-state index is 0.142. The summed E-state index contributed by atoms with van der Waals surface area (Å²) in [6.07, 6.45) is 0.635. The summed E-state index contributed by atoms with van der Waals surface area (Å²) in [7, 11) is 0. The molecule has 1 aromatic heterocycles. The molecule has 3 rings (SSSR count). The van der Waals surface area contributed by atoms with Gasteiger partial charge in [-0.2, -0.15) is 0 Å². The Morgan fingerprint density at radius 1 is 1.45 bits per heavy atom. The number of benzene rings is 1. The highest BCUT2D eigenvalue weighted by atomic mass is 16.3. The smallest absolute Gasteiger partial charge is 0.271 e. The number of aromatic nitrogens is 2. The number of para-hydroxylation sites is 2. The molecule has 2 unspecified atom stereocenters. The molecule has 0 aliphatic carbocycles. The number of aromatic amines is 1. The van der Waals surface area contributed by atoms with Gasteiger partial charge in [-0.25, -0.2) is 4.98 Å². The second-order valence-corrected chi connectivity index (χ2v) is 5.60. The van der Waals surface area contributed by atoms with E-state index in [9.17, 15) is 9.90 Å². The third kappa shape index (κ3) is 2.59. The highest BCUT2D eigenvalue weighted by Gasteiger charge is 2.25. The Balaban J connectivity index is 1.84. The van der Waals surface area contributed by atoms with Crippen molar-refractivity contribution in [1.29, 1.82) is 0 Å². The number of aliphatic hydroxyl groups is 1. The Morgan fingerprint density at radius 3 is 3.05 bits per heavy atom. The molecule has 0 bridgehead atoms. The van der Waals surface area contributed by atoms with Crippen molar-refractivity contribution in [3.63, 3.8) is 0 Å². The Bertz CT molecular complexity index is 667. The summed E-state index contributed by atoms with van der Waals surface area (Å²) in [5.41, 5.74) is 1.93. The number of piperidine rings is 1. The van der Waals surface area contributed by atoms with Crippen LogP contribution in [0.4, 0.5) is 0 Å². The van der Waals surface area contributed by atoms with Gasteiger partial charge in [-0.1, -0.05) is 19.1 Å². The molecule has 106 valence electrons. The van der Waals surface area contributed by atoms with Crippen molar-refractivity contribution in [2.75, 3.05) is 13.1 Å². The molecule has 2 atom stereocenters. The summed E-state index contributed by atoms with van der Waals surface area (Å²) < 4.78 is 0. The molecule has 5 heteroatoms. The monoisotopic (exact) mass is 273 g/mol. The molecule has 0 radical (unpaired) electrons. The van der Waals surface area contributed by atoms with Crippen molar-refractivity contribution in [2.24, 2.45) is 5.92 Å².